The number of nitrogens with zero attached hydrogens (tertiary/aromatic N) is 1. The van der Waals surface area contributed by atoms with Crippen LogP contribution in [0.15, 0.2) is 30.3 Å². The summed E-state index contributed by atoms with van der Waals surface area (Å²) in [5.74, 6) is -1.17. The van der Waals surface area contributed by atoms with Crippen LogP contribution in [0.5, 0.6) is 0 Å². The van der Waals surface area contributed by atoms with Gasteiger partial charge in [0.05, 0.1) is 26.4 Å². The van der Waals surface area contributed by atoms with Gasteiger partial charge in [0, 0.05) is 13.1 Å². The van der Waals surface area contributed by atoms with Crippen LogP contribution in [0.3, 0.4) is 0 Å². The van der Waals surface area contributed by atoms with E-state index in [0.717, 1.165) is 5.56 Å². The second-order valence-corrected chi connectivity index (χ2v) is 8.83. The van der Waals surface area contributed by atoms with Crippen molar-refractivity contribution in [3.63, 3.8) is 0 Å². The number of amides is 4. The van der Waals surface area contributed by atoms with Gasteiger partial charge in [-0.1, -0.05) is 51.1 Å². The first-order valence-corrected chi connectivity index (χ1v) is 10.5. The maximum atomic E-state index is 13.0. The number of primary amides is 1. The van der Waals surface area contributed by atoms with E-state index in [0.29, 0.717) is 39.3 Å². The number of ether oxygens (including phenoxy) is 2. The molecule has 172 valence electrons. The predicted octanol–water partition coefficient (Wildman–Crippen LogP) is 1.02. The van der Waals surface area contributed by atoms with Gasteiger partial charge >= 0.3 is 6.03 Å². The Kier molecular flexibility index (Phi) is 9.26. The molecule has 4 amide bonds. The summed E-state index contributed by atoms with van der Waals surface area (Å²) in [4.78, 5) is 39.0. The van der Waals surface area contributed by atoms with Gasteiger partial charge in [0.25, 0.3) is 0 Å². The van der Waals surface area contributed by atoms with Crippen molar-refractivity contribution in [1.29, 1.82) is 0 Å². The Bertz CT molecular complexity index is 729. The predicted molar refractivity (Wildman–Crippen MR) is 116 cm³/mol. The Balaban J connectivity index is 1.97. The molecule has 1 fully saturated rings. The Morgan fingerprint density at radius 2 is 1.74 bits per heavy atom. The van der Waals surface area contributed by atoms with E-state index in [9.17, 15) is 14.4 Å². The molecule has 31 heavy (non-hydrogen) atoms. The number of hydrogen-bond donors (Lipinski definition) is 3. The highest BCUT2D eigenvalue weighted by atomic mass is 16.5. The maximum absolute atomic E-state index is 13.0. The van der Waals surface area contributed by atoms with E-state index in [4.69, 9.17) is 15.2 Å². The van der Waals surface area contributed by atoms with Gasteiger partial charge in [-0.15, -0.1) is 0 Å². The Labute approximate surface area is 183 Å². The minimum Gasteiger partial charge on any atom is -0.378 e. The van der Waals surface area contributed by atoms with Crippen LogP contribution in [-0.4, -0.2) is 67.7 Å². The zero-order valence-electron chi connectivity index (χ0n) is 18.6. The molecule has 2 rings (SSSR count). The van der Waals surface area contributed by atoms with Crippen molar-refractivity contribution < 1.29 is 23.9 Å². The van der Waals surface area contributed by atoms with Gasteiger partial charge in [0.2, 0.25) is 11.8 Å². The van der Waals surface area contributed by atoms with Gasteiger partial charge in [-0.05, 0) is 17.4 Å². The van der Waals surface area contributed by atoms with Crippen molar-refractivity contribution in [2.45, 2.75) is 45.9 Å². The number of carbonyl (C=O) groups excluding carboxylic acids is 3. The Morgan fingerprint density at radius 1 is 1.10 bits per heavy atom. The largest absolute Gasteiger partial charge is 0.378 e. The first-order chi connectivity index (χ1) is 14.7. The van der Waals surface area contributed by atoms with E-state index in [1.165, 1.54) is 0 Å². The molecule has 1 aromatic rings. The summed E-state index contributed by atoms with van der Waals surface area (Å²) in [6.07, 6.45) is 0.394. The molecule has 2 atom stereocenters. The third-order valence-electron chi connectivity index (χ3n) is 4.78. The summed E-state index contributed by atoms with van der Waals surface area (Å²) < 4.78 is 10.8. The van der Waals surface area contributed by atoms with Crippen molar-refractivity contribution in [3.05, 3.63) is 35.9 Å². The molecule has 0 bridgehead atoms. The first kappa shape index (κ1) is 24.6. The van der Waals surface area contributed by atoms with Crippen molar-refractivity contribution in [1.82, 2.24) is 15.5 Å². The van der Waals surface area contributed by atoms with E-state index in [-0.39, 0.29) is 18.1 Å². The normalized spacial score (nSPS) is 16.3. The van der Waals surface area contributed by atoms with Crippen molar-refractivity contribution in [2.24, 2.45) is 11.1 Å². The molecule has 0 saturated carbocycles. The van der Waals surface area contributed by atoms with Crippen LogP contribution in [0.4, 0.5) is 4.79 Å². The molecule has 0 spiro atoms. The van der Waals surface area contributed by atoms with Gasteiger partial charge < -0.3 is 30.7 Å². The molecule has 1 aliphatic rings. The molecule has 1 saturated heterocycles. The molecular formula is C22H34N4O5. The lowest BCUT2D eigenvalue weighted by atomic mass is 9.87. The molecule has 0 aliphatic carbocycles. The average Bonchev–Trinajstić information content (AvgIpc) is 2.72. The first-order valence-electron chi connectivity index (χ1n) is 10.5. The van der Waals surface area contributed by atoms with Crippen LogP contribution >= 0.6 is 0 Å². The minimum absolute atomic E-state index is 0.0599. The lowest BCUT2D eigenvalue weighted by molar-refractivity contribution is -0.130. The van der Waals surface area contributed by atoms with Crippen LogP contribution in [0, 0.1) is 5.41 Å². The molecule has 9 nitrogen and oxygen atoms in total. The number of hydrogen-bond acceptors (Lipinski definition) is 5. The highest BCUT2D eigenvalue weighted by Gasteiger charge is 2.31. The van der Waals surface area contributed by atoms with Crippen LogP contribution in [0.25, 0.3) is 0 Å². The van der Waals surface area contributed by atoms with Crippen molar-refractivity contribution in [2.75, 3.05) is 32.9 Å². The van der Waals surface area contributed by atoms with Crippen LogP contribution in [0.1, 0.15) is 32.8 Å². The van der Waals surface area contributed by atoms with Gasteiger partial charge in [-0.2, -0.15) is 0 Å². The standard InChI is InChI=1S/C22H34N4O5/c1-22(2,3)13-17(25-21(29)26-9-11-30-12-10-26)20(28)24-18(19(23)27)15-31-14-16-7-5-4-6-8-16/h4-8,17-18H,9-15H2,1-3H3,(H2,23,27)(H,24,28)(H,25,29)/t17-,18-/m0/s1. The third kappa shape index (κ3) is 8.94. The number of urea groups is 1. The van der Waals surface area contributed by atoms with Crippen LogP contribution in [-0.2, 0) is 25.7 Å². The molecule has 9 heteroatoms. The average molecular weight is 435 g/mol. The Morgan fingerprint density at radius 3 is 2.32 bits per heavy atom. The smallest absolute Gasteiger partial charge is 0.318 e. The number of rotatable bonds is 9. The van der Waals surface area contributed by atoms with E-state index in [2.05, 4.69) is 10.6 Å². The molecule has 4 N–H and O–H groups in total. The molecule has 0 aromatic heterocycles. The van der Waals surface area contributed by atoms with Crippen molar-refractivity contribution >= 4 is 17.8 Å². The number of nitrogens with one attached hydrogen (secondary N) is 2. The molecular weight excluding hydrogens is 400 g/mol. The topological polar surface area (TPSA) is 123 Å². The fourth-order valence-corrected chi connectivity index (χ4v) is 3.16. The Hall–Kier alpha value is -2.65. The fraction of sp³-hybridized carbons (Fsp3) is 0.591. The second-order valence-electron chi connectivity index (χ2n) is 8.83. The highest BCUT2D eigenvalue weighted by Crippen LogP contribution is 2.21. The van der Waals surface area contributed by atoms with E-state index in [1.807, 2.05) is 51.1 Å². The quantitative estimate of drug-likeness (QED) is 0.535. The zero-order valence-corrected chi connectivity index (χ0v) is 18.6. The van der Waals surface area contributed by atoms with Gasteiger partial charge in [-0.25, -0.2) is 4.79 Å². The number of nitrogens with two attached hydrogens (primary N) is 1. The molecule has 0 radical (unpaired) electrons. The molecule has 1 aliphatic heterocycles. The summed E-state index contributed by atoms with van der Waals surface area (Å²) in [7, 11) is 0. The lowest BCUT2D eigenvalue weighted by Gasteiger charge is -2.31. The second kappa shape index (κ2) is 11.7. The van der Waals surface area contributed by atoms with E-state index in [1.54, 1.807) is 4.90 Å². The highest BCUT2D eigenvalue weighted by molar-refractivity contribution is 5.91. The summed E-state index contributed by atoms with van der Waals surface area (Å²) in [5, 5.41) is 5.43. The van der Waals surface area contributed by atoms with E-state index >= 15 is 0 Å². The van der Waals surface area contributed by atoms with Crippen molar-refractivity contribution in [3.8, 4) is 0 Å². The zero-order chi connectivity index (χ0) is 22.9. The number of benzene rings is 1. The van der Waals surface area contributed by atoms with Gasteiger partial charge in [0.15, 0.2) is 0 Å². The maximum Gasteiger partial charge on any atom is 0.318 e. The molecule has 0 unspecified atom stereocenters. The fourth-order valence-electron chi connectivity index (χ4n) is 3.16. The van der Waals surface area contributed by atoms with Gasteiger partial charge in [-0.3, -0.25) is 9.59 Å². The summed E-state index contributed by atoms with van der Waals surface area (Å²) in [6, 6.07) is 7.34. The third-order valence-corrected chi connectivity index (χ3v) is 4.78. The van der Waals surface area contributed by atoms with Crippen LogP contribution in [0.2, 0.25) is 0 Å². The summed E-state index contributed by atoms with van der Waals surface area (Å²) in [6.45, 7) is 8.02. The minimum atomic E-state index is -1.00. The monoisotopic (exact) mass is 434 g/mol. The number of morpholine rings is 1. The molecule has 1 heterocycles. The van der Waals surface area contributed by atoms with Gasteiger partial charge in [0.1, 0.15) is 12.1 Å². The van der Waals surface area contributed by atoms with Crippen LogP contribution < -0.4 is 16.4 Å². The lowest BCUT2D eigenvalue weighted by Crippen LogP contribution is -2.57. The summed E-state index contributed by atoms with van der Waals surface area (Å²) >= 11 is 0. The van der Waals surface area contributed by atoms with E-state index < -0.39 is 23.9 Å². The summed E-state index contributed by atoms with van der Waals surface area (Å²) in [5.41, 5.74) is 6.18. The number of carbonyl (C=O) groups is 3. The molecule has 1 aromatic carbocycles. The SMILES string of the molecule is CC(C)(C)C[C@H](NC(=O)N1CCOCC1)C(=O)N[C@@H](COCc1ccccc1)C(N)=O.